The van der Waals surface area contributed by atoms with Crippen molar-refractivity contribution >= 4 is 51.6 Å². The minimum Gasteiger partial charge on any atom is -0.453 e. The van der Waals surface area contributed by atoms with Crippen LogP contribution in [0.15, 0.2) is 77.5 Å². The van der Waals surface area contributed by atoms with Crippen molar-refractivity contribution in [2.24, 2.45) is 0 Å². The molecular weight excluding hydrogens is 545 g/mol. The average molecular weight is 571 g/mol. The van der Waals surface area contributed by atoms with E-state index in [2.05, 4.69) is 15.4 Å². The highest BCUT2D eigenvalue weighted by molar-refractivity contribution is 7.80. The maximum Gasteiger partial charge on any atom is 0.407 e. The smallest absolute Gasteiger partial charge is 0.407 e. The van der Waals surface area contributed by atoms with E-state index in [0.29, 0.717) is 17.8 Å². The van der Waals surface area contributed by atoms with Gasteiger partial charge >= 0.3 is 6.09 Å². The SMILES string of the molecule is COC(=O)N[C@@H](Cc1ccccc1)C(=O)N[C@@H](Cc1ccc(NS(=O)O)cc1)c1csc(-c2cccs2)n1. The van der Waals surface area contributed by atoms with Crippen LogP contribution in [0.5, 0.6) is 0 Å². The normalized spacial score (nSPS) is 13.2. The largest absolute Gasteiger partial charge is 0.453 e. The van der Waals surface area contributed by atoms with E-state index in [-0.39, 0.29) is 12.3 Å². The van der Waals surface area contributed by atoms with Gasteiger partial charge in [0.05, 0.1) is 23.7 Å². The fourth-order valence-corrected chi connectivity index (χ4v) is 5.79. The number of methoxy groups -OCH3 is 1. The number of nitrogens with one attached hydrogen (secondary N) is 3. The van der Waals surface area contributed by atoms with Gasteiger partial charge in [-0.25, -0.2) is 14.0 Å². The first kappa shape index (κ1) is 27.5. The molecular formula is C26H26N4O5S3. The van der Waals surface area contributed by atoms with Crippen molar-refractivity contribution in [2.45, 2.75) is 24.9 Å². The molecule has 0 spiro atoms. The van der Waals surface area contributed by atoms with Crippen LogP contribution in [0, 0.1) is 0 Å². The summed E-state index contributed by atoms with van der Waals surface area (Å²) >= 11 is 0.911. The molecule has 12 heteroatoms. The lowest BCUT2D eigenvalue weighted by Crippen LogP contribution is -2.49. The van der Waals surface area contributed by atoms with E-state index in [1.165, 1.54) is 18.4 Å². The number of carbonyl (C=O) groups is 2. The van der Waals surface area contributed by atoms with Gasteiger partial charge in [-0.3, -0.25) is 14.1 Å². The van der Waals surface area contributed by atoms with E-state index < -0.39 is 29.4 Å². The molecule has 2 amide bonds. The van der Waals surface area contributed by atoms with Crippen LogP contribution in [0.2, 0.25) is 0 Å². The van der Waals surface area contributed by atoms with Crippen molar-refractivity contribution in [3.63, 3.8) is 0 Å². The second-order valence-corrected chi connectivity index (χ2v) is 10.8. The topological polar surface area (TPSA) is 130 Å². The minimum absolute atomic E-state index is 0.282. The predicted molar refractivity (Wildman–Crippen MR) is 150 cm³/mol. The standard InChI is InChI=1S/C26H26N4O5S3/c1-35-26(32)29-21(15-17-6-3-2-4-7-17)24(31)27-20(14-18-9-11-19(12-10-18)30-38(33)34)22-16-37-25(28-22)23-8-5-13-36-23/h2-13,16,20-21,30H,14-15H2,1H3,(H,27,31)(H,29,32)(H,33,34)/t20-,21-/m0/s1. The number of anilines is 1. The molecule has 3 atom stereocenters. The van der Waals surface area contributed by atoms with Crippen molar-refractivity contribution in [1.29, 1.82) is 0 Å². The molecule has 2 heterocycles. The zero-order valence-electron chi connectivity index (χ0n) is 20.3. The number of thiazole rings is 1. The molecule has 2 aromatic carbocycles. The summed E-state index contributed by atoms with van der Waals surface area (Å²) in [5.74, 6) is -0.371. The number of rotatable bonds is 11. The Labute approximate surface area is 230 Å². The van der Waals surface area contributed by atoms with Gasteiger partial charge in [-0.1, -0.05) is 48.5 Å². The molecule has 0 saturated carbocycles. The van der Waals surface area contributed by atoms with Gasteiger partial charge in [0, 0.05) is 17.5 Å². The van der Waals surface area contributed by atoms with Gasteiger partial charge in [0.25, 0.3) is 11.3 Å². The van der Waals surface area contributed by atoms with Gasteiger partial charge in [0.15, 0.2) is 0 Å². The Hall–Kier alpha value is -3.58. The van der Waals surface area contributed by atoms with Crippen LogP contribution in [0.25, 0.3) is 9.88 Å². The number of benzene rings is 2. The summed E-state index contributed by atoms with van der Waals surface area (Å²) in [5.41, 5.74) is 2.96. The molecule has 0 aliphatic rings. The molecule has 2 aromatic heterocycles. The molecule has 4 rings (SSSR count). The van der Waals surface area contributed by atoms with Gasteiger partial charge in [-0.15, -0.1) is 22.7 Å². The number of amides is 2. The van der Waals surface area contributed by atoms with Crippen molar-refractivity contribution in [3.05, 3.63) is 94.3 Å². The minimum atomic E-state index is -2.17. The van der Waals surface area contributed by atoms with Crippen molar-refractivity contribution in [1.82, 2.24) is 15.6 Å². The number of carbonyl (C=O) groups excluding carboxylic acids is 2. The number of hydrogen-bond acceptors (Lipinski definition) is 7. The number of ether oxygens (including phenoxy) is 1. The first-order valence-electron chi connectivity index (χ1n) is 11.6. The highest BCUT2D eigenvalue weighted by Gasteiger charge is 2.26. The molecule has 0 saturated heterocycles. The van der Waals surface area contributed by atoms with Gasteiger partial charge in [-0.05, 0) is 41.1 Å². The van der Waals surface area contributed by atoms with Crippen LogP contribution >= 0.6 is 22.7 Å². The lowest BCUT2D eigenvalue weighted by atomic mass is 10.0. The number of thiophene rings is 1. The summed E-state index contributed by atoms with van der Waals surface area (Å²) in [7, 11) is 1.25. The molecule has 0 bridgehead atoms. The van der Waals surface area contributed by atoms with E-state index in [1.807, 2.05) is 65.4 Å². The molecule has 0 aliphatic heterocycles. The summed E-state index contributed by atoms with van der Waals surface area (Å²) in [6, 6.07) is 19.0. The summed E-state index contributed by atoms with van der Waals surface area (Å²) in [6.45, 7) is 0. The maximum atomic E-state index is 13.5. The second kappa shape index (κ2) is 13.3. The Balaban J connectivity index is 1.58. The zero-order valence-corrected chi connectivity index (χ0v) is 22.8. The summed E-state index contributed by atoms with van der Waals surface area (Å²) in [6.07, 6.45) is -0.00127. The lowest BCUT2D eigenvalue weighted by Gasteiger charge is -2.23. The number of alkyl carbamates (subject to hydrolysis) is 1. The van der Waals surface area contributed by atoms with Crippen molar-refractivity contribution in [2.75, 3.05) is 11.8 Å². The first-order valence-corrected chi connectivity index (χ1v) is 14.4. The molecule has 0 aliphatic carbocycles. The predicted octanol–water partition coefficient (Wildman–Crippen LogP) is 4.79. The summed E-state index contributed by atoms with van der Waals surface area (Å²) in [4.78, 5) is 31.4. The summed E-state index contributed by atoms with van der Waals surface area (Å²) in [5, 5.41) is 10.5. The zero-order chi connectivity index (χ0) is 26.9. The molecule has 4 N–H and O–H groups in total. The number of hydrogen-bond donors (Lipinski definition) is 4. The second-order valence-electron chi connectivity index (χ2n) is 8.25. The maximum absolute atomic E-state index is 13.5. The van der Waals surface area contributed by atoms with Crippen molar-refractivity contribution < 1.29 is 23.1 Å². The average Bonchev–Trinajstić information content (AvgIpc) is 3.62. The van der Waals surface area contributed by atoms with Gasteiger partial charge in [0.2, 0.25) is 5.91 Å². The Morgan fingerprint density at radius 2 is 1.71 bits per heavy atom. The Morgan fingerprint density at radius 1 is 0.974 bits per heavy atom. The quantitative estimate of drug-likeness (QED) is 0.192. The third-order valence-electron chi connectivity index (χ3n) is 5.60. The number of aromatic nitrogens is 1. The van der Waals surface area contributed by atoms with Crippen LogP contribution in [-0.2, 0) is 33.6 Å². The fraction of sp³-hybridized carbons (Fsp3) is 0.192. The Morgan fingerprint density at radius 3 is 2.37 bits per heavy atom. The van der Waals surface area contributed by atoms with E-state index in [4.69, 9.17) is 14.3 Å². The van der Waals surface area contributed by atoms with E-state index >= 15 is 0 Å². The van der Waals surface area contributed by atoms with Gasteiger partial charge in [-0.2, -0.15) is 0 Å². The molecule has 0 radical (unpaired) electrons. The van der Waals surface area contributed by atoms with Crippen LogP contribution in [-0.4, -0.2) is 38.9 Å². The molecule has 0 fully saturated rings. The van der Waals surface area contributed by atoms with E-state index in [1.54, 1.807) is 23.5 Å². The molecule has 1 unspecified atom stereocenters. The van der Waals surface area contributed by atoms with E-state index in [9.17, 15) is 13.8 Å². The highest BCUT2D eigenvalue weighted by atomic mass is 32.2. The van der Waals surface area contributed by atoms with Crippen LogP contribution < -0.4 is 15.4 Å². The molecule has 38 heavy (non-hydrogen) atoms. The number of nitrogens with zero attached hydrogens (tertiary/aromatic N) is 1. The Kier molecular flexibility index (Phi) is 9.60. The molecule has 9 nitrogen and oxygen atoms in total. The van der Waals surface area contributed by atoms with Crippen LogP contribution in [0.1, 0.15) is 22.9 Å². The highest BCUT2D eigenvalue weighted by Crippen LogP contribution is 2.31. The van der Waals surface area contributed by atoms with Crippen molar-refractivity contribution in [3.8, 4) is 9.88 Å². The third-order valence-corrected chi connectivity index (χ3v) is 7.91. The van der Waals surface area contributed by atoms with Crippen LogP contribution in [0.4, 0.5) is 10.5 Å². The summed E-state index contributed by atoms with van der Waals surface area (Å²) < 4.78 is 27.3. The van der Waals surface area contributed by atoms with Crippen LogP contribution in [0.3, 0.4) is 0 Å². The van der Waals surface area contributed by atoms with Gasteiger partial charge in [0.1, 0.15) is 11.0 Å². The Bertz CT molecular complexity index is 1360. The third kappa shape index (κ3) is 7.71. The lowest BCUT2D eigenvalue weighted by molar-refractivity contribution is -0.123. The van der Waals surface area contributed by atoms with Gasteiger partial charge < -0.3 is 15.4 Å². The molecule has 198 valence electrons. The monoisotopic (exact) mass is 570 g/mol. The molecule has 4 aromatic rings. The van der Waals surface area contributed by atoms with E-state index in [0.717, 1.165) is 21.0 Å². The first-order chi connectivity index (χ1) is 18.4. The fourth-order valence-electron chi connectivity index (χ4n) is 3.77.